The van der Waals surface area contributed by atoms with Crippen molar-refractivity contribution in [2.75, 3.05) is 5.32 Å². The Morgan fingerprint density at radius 3 is 1.95 bits per heavy atom. The van der Waals surface area contributed by atoms with E-state index in [9.17, 15) is 35.5 Å². The zero-order valence-electron chi connectivity index (χ0n) is 10.1. The summed E-state index contributed by atoms with van der Waals surface area (Å²) in [7, 11) is 0. The molecule has 1 N–H and O–H groups in total. The predicted molar refractivity (Wildman–Crippen MR) is 60.2 cm³/mol. The summed E-state index contributed by atoms with van der Waals surface area (Å²) in [4.78, 5) is 11.2. The minimum Gasteiger partial charge on any atom is -0.323 e. The van der Waals surface area contributed by atoms with Crippen molar-refractivity contribution in [2.45, 2.75) is 18.0 Å². The molecule has 0 unspecified atom stereocenters. The molecule has 0 radical (unpaired) electrons. The summed E-state index contributed by atoms with van der Waals surface area (Å²) >= 11 is 0. The van der Waals surface area contributed by atoms with Crippen molar-refractivity contribution in [1.29, 1.82) is 0 Å². The second-order valence-electron chi connectivity index (χ2n) is 3.88. The first-order valence-electron chi connectivity index (χ1n) is 5.35. The molecular weight excluding hydrogens is 307 g/mol. The van der Waals surface area contributed by atoms with Gasteiger partial charge in [0.15, 0.2) is 0 Å². The maximum atomic E-state index is 12.9. The second kappa shape index (κ2) is 5.74. The predicted octanol–water partition coefficient (Wildman–Crippen LogP) is 4.01. The summed E-state index contributed by atoms with van der Waals surface area (Å²) in [6.07, 6.45) is -7.29. The Hall–Kier alpha value is -2.06. The molecule has 1 aromatic rings. The number of hydrogen-bond acceptors (Lipinski definition) is 1. The van der Waals surface area contributed by atoms with E-state index in [-0.39, 0.29) is 11.8 Å². The van der Waals surface area contributed by atoms with Gasteiger partial charge >= 0.3 is 18.0 Å². The van der Waals surface area contributed by atoms with Gasteiger partial charge in [0.05, 0.1) is 0 Å². The fraction of sp³-hybridized carbons (Fsp3) is 0.250. The number of benzene rings is 1. The van der Waals surface area contributed by atoms with Crippen LogP contribution in [0.4, 0.5) is 36.4 Å². The van der Waals surface area contributed by atoms with E-state index in [1.54, 1.807) is 6.07 Å². The summed E-state index contributed by atoms with van der Waals surface area (Å²) in [5.74, 6) is -13.1. The molecule has 2 nitrogen and oxygen atoms in total. The van der Waals surface area contributed by atoms with E-state index in [0.717, 1.165) is 0 Å². The molecule has 1 aromatic carbocycles. The van der Waals surface area contributed by atoms with Gasteiger partial charge in [-0.15, -0.1) is 0 Å². The van der Waals surface area contributed by atoms with Gasteiger partial charge in [-0.2, -0.15) is 30.7 Å². The van der Waals surface area contributed by atoms with Crippen LogP contribution in [0.25, 0.3) is 0 Å². The molecule has 1 rings (SSSR count). The van der Waals surface area contributed by atoms with Crippen molar-refractivity contribution < 1.29 is 35.5 Å². The molecule has 0 aliphatic carbocycles. The van der Waals surface area contributed by atoms with Crippen LogP contribution in [0.15, 0.2) is 42.5 Å². The van der Waals surface area contributed by atoms with Crippen molar-refractivity contribution in [3.05, 3.63) is 42.5 Å². The van der Waals surface area contributed by atoms with Crippen LogP contribution in [0.5, 0.6) is 0 Å². The zero-order chi connectivity index (χ0) is 16.3. The van der Waals surface area contributed by atoms with Crippen LogP contribution < -0.4 is 5.32 Å². The second-order valence-corrected chi connectivity index (χ2v) is 3.88. The monoisotopic (exact) mass is 315 g/mol. The minimum atomic E-state index is -6.43. The number of rotatable bonds is 4. The smallest absolute Gasteiger partial charge is 0.323 e. The highest BCUT2D eigenvalue weighted by Crippen LogP contribution is 2.47. The van der Waals surface area contributed by atoms with Crippen LogP contribution in [0, 0.1) is 0 Å². The maximum absolute atomic E-state index is 12.9. The number of alkyl halides is 7. The molecule has 0 aromatic heterocycles. The van der Waals surface area contributed by atoms with Crippen molar-refractivity contribution >= 4 is 11.6 Å². The van der Waals surface area contributed by atoms with Gasteiger partial charge in [0.1, 0.15) is 0 Å². The molecule has 116 valence electrons. The van der Waals surface area contributed by atoms with Crippen molar-refractivity contribution in [3.63, 3.8) is 0 Å². The molecule has 0 spiro atoms. The molecule has 0 heterocycles. The number of para-hydroxylation sites is 1. The summed E-state index contributed by atoms with van der Waals surface area (Å²) in [6.45, 7) is 0. The van der Waals surface area contributed by atoms with Gasteiger partial charge in [0.2, 0.25) is 5.91 Å². The molecule has 1 amide bonds. The molecule has 21 heavy (non-hydrogen) atoms. The van der Waals surface area contributed by atoms with Crippen molar-refractivity contribution in [3.8, 4) is 0 Å². The molecular formula is C12H8F7NO. The van der Waals surface area contributed by atoms with Gasteiger partial charge in [0.25, 0.3) is 0 Å². The number of anilines is 1. The van der Waals surface area contributed by atoms with Crippen LogP contribution in [0.1, 0.15) is 0 Å². The Labute approximate surface area is 114 Å². The van der Waals surface area contributed by atoms with Crippen molar-refractivity contribution in [2.24, 2.45) is 0 Å². The summed E-state index contributed by atoms with van der Waals surface area (Å²) in [6, 6.07) is 7.31. The average Bonchev–Trinajstić information content (AvgIpc) is 2.36. The number of allylic oxidation sites excluding steroid dienone is 1. The number of carbonyl (C=O) groups excluding carboxylic acids is 1. The molecule has 0 aliphatic rings. The topological polar surface area (TPSA) is 29.1 Å². The average molecular weight is 315 g/mol. The van der Waals surface area contributed by atoms with E-state index in [4.69, 9.17) is 0 Å². The third-order valence-corrected chi connectivity index (χ3v) is 2.26. The van der Waals surface area contributed by atoms with E-state index in [0.29, 0.717) is 0 Å². The zero-order valence-corrected chi connectivity index (χ0v) is 10.1. The van der Waals surface area contributed by atoms with Crippen molar-refractivity contribution in [1.82, 2.24) is 0 Å². The van der Waals surface area contributed by atoms with E-state index in [1.807, 2.05) is 5.32 Å². The third-order valence-electron chi connectivity index (χ3n) is 2.26. The minimum absolute atomic E-state index is 0.0767. The summed E-state index contributed by atoms with van der Waals surface area (Å²) in [5.41, 5.74) is 0.165. The Bertz CT molecular complexity index is 522. The van der Waals surface area contributed by atoms with Crippen LogP contribution in [-0.4, -0.2) is 23.9 Å². The highest BCUT2D eigenvalue weighted by Gasteiger charge is 2.71. The number of halogens is 7. The molecule has 0 atom stereocenters. The largest absolute Gasteiger partial charge is 0.460 e. The Kier molecular flexibility index (Phi) is 4.65. The lowest BCUT2D eigenvalue weighted by atomic mass is 10.1. The van der Waals surface area contributed by atoms with Crippen LogP contribution in [0.2, 0.25) is 0 Å². The highest BCUT2D eigenvalue weighted by molar-refractivity contribution is 5.99. The third kappa shape index (κ3) is 3.96. The van der Waals surface area contributed by atoms with Gasteiger partial charge < -0.3 is 5.32 Å². The first-order chi connectivity index (χ1) is 9.47. The van der Waals surface area contributed by atoms with Crippen LogP contribution in [-0.2, 0) is 4.79 Å². The lowest BCUT2D eigenvalue weighted by Crippen LogP contribution is -2.50. The van der Waals surface area contributed by atoms with E-state index in [1.165, 1.54) is 24.3 Å². The Morgan fingerprint density at radius 1 is 0.952 bits per heavy atom. The van der Waals surface area contributed by atoms with Gasteiger partial charge in [-0.3, -0.25) is 4.79 Å². The molecule has 9 heteroatoms. The first kappa shape index (κ1) is 17.0. The van der Waals surface area contributed by atoms with E-state index in [2.05, 4.69) is 0 Å². The molecule has 0 fully saturated rings. The van der Waals surface area contributed by atoms with Gasteiger partial charge in [-0.1, -0.05) is 18.2 Å². The SMILES string of the molecule is O=C(/C=C/C(F)(F)C(F)(F)C(F)(F)F)Nc1ccccc1. The molecule has 0 saturated heterocycles. The quantitative estimate of drug-likeness (QED) is 0.660. The highest BCUT2D eigenvalue weighted by atomic mass is 19.4. The fourth-order valence-electron chi connectivity index (χ4n) is 1.18. The molecule has 0 bridgehead atoms. The maximum Gasteiger partial charge on any atom is 0.460 e. The molecule has 0 saturated carbocycles. The summed E-state index contributed by atoms with van der Waals surface area (Å²) in [5, 5.41) is 2.02. The first-order valence-corrected chi connectivity index (χ1v) is 5.35. The number of nitrogens with one attached hydrogen (secondary N) is 1. The Morgan fingerprint density at radius 2 is 1.48 bits per heavy atom. The number of carbonyl (C=O) groups is 1. The summed E-state index contributed by atoms with van der Waals surface area (Å²) < 4.78 is 86.3. The number of amides is 1. The van der Waals surface area contributed by atoms with E-state index < -0.39 is 30.0 Å². The fourth-order valence-corrected chi connectivity index (χ4v) is 1.18. The Balaban J connectivity index is 2.81. The number of hydrogen-bond donors (Lipinski definition) is 1. The van der Waals surface area contributed by atoms with E-state index >= 15 is 0 Å². The molecule has 0 aliphatic heterocycles. The standard InChI is InChI=1S/C12H8F7NO/c13-10(14,11(15,16)12(17,18)19)7-6-9(21)20-8-4-2-1-3-5-8/h1-7H,(H,20,21)/b7-6+. The lowest BCUT2D eigenvalue weighted by molar-refractivity contribution is -0.341. The lowest BCUT2D eigenvalue weighted by Gasteiger charge is -2.25. The van der Waals surface area contributed by atoms with Crippen LogP contribution >= 0.6 is 0 Å². The van der Waals surface area contributed by atoms with Crippen LogP contribution in [0.3, 0.4) is 0 Å². The van der Waals surface area contributed by atoms with Gasteiger partial charge in [-0.25, -0.2) is 0 Å². The van der Waals surface area contributed by atoms with Gasteiger partial charge in [0, 0.05) is 11.8 Å². The normalized spacial score (nSPS) is 13.5. The van der Waals surface area contributed by atoms with Gasteiger partial charge in [-0.05, 0) is 18.2 Å².